The molecule has 0 N–H and O–H groups in total. The molecule has 0 aliphatic rings. The van der Waals surface area contributed by atoms with Gasteiger partial charge in [0.1, 0.15) is 18.1 Å². The van der Waals surface area contributed by atoms with Crippen LogP contribution in [0.5, 0.6) is 11.5 Å². The number of ether oxygens (including phenoxy) is 2. The van der Waals surface area contributed by atoms with Gasteiger partial charge >= 0.3 is 5.97 Å². The van der Waals surface area contributed by atoms with Gasteiger partial charge in [-0.2, -0.15) is 0 Å². The molecule has 23 heavy (non-hydrogen) atoms. The fourth-order valence-corrected chi connectivity index (χ4v) is 2.07. The molecule has 3 aromatic carbocycles. The number of para-hydroxylation sites is 2. The first-order valence-corrected chi connectivity index (χ1v) is 7.35. The fourth-order valence-electron chi connectivity index (χ4n) is 2.07. The standard InChI is InChI=1S/C20H16O3/c21-20(23-19-9-5-2-6-10-19)17-13-11-16(12-14-17)15-22-18-7-3-1-4-8-18/h1-14H,15H2. The molecule has 0 fully saturated rings. The zero-order chi connectivity index (χ0) is 15.9. The van der Waals surface area contributed by atoms with Crippen molar-refractivity contribution in [2.24, 2.45) is 0 Å². The number of esters is 1. The second kappa shape index (κ2) is 7.27. The van der Waals surface area contributed by atoms with Crippen LogP contribution in [0.3, 0.4) is 0 Å². The summed E-state index contributed by atoms with van der Waals surface area (Å²) in [6, 6.07) is 25.9. The molecule has 3 nitrogen and oxygen atoms in total. The third-order valence-electron chi connectivity index (χ3n) is 3.29. The van der Waals surface area contributed by atoms with Crippen molar-refractivity contribution >= 4 is 5.97 Å². The Kier molecular flexibility index (Phi) is 4.69. The number of carbonyl (C=O) groups is 1. The van der Waals surface area contributed by atoms with E-state index < -0.39 is 0 Å². The average Bonchev–Trinajstić information content (AvgIpc) is 2.62. The Hall–Kier alpha value is -3.07. The van der Waals surface area contributed by atoms with E-state index in [2.05, 4.69) is 0 Å². The Labute approximate surface area is 135 Å². The number of benzene rings is 3. The topological polar surface area (TPSA) is 35.5 Å². The predicted molar refractivity (Wildman–Crippen MR) is 88.6 cm³/mol. The molecular formula is C20H16O3. The summed E-state index contributed by atoms with van der Waals surface area (Å²) < 4.78 is 11.0. The van der Waals surface area contributed by atoms with Crippen molar-refractivity contribution in [2.75, 3.05) is 0 Å². The van der Waals surface area contributed by atoms with Crippen LogP contribution in [0.15, 0.2) is 84.9 Å². The third kappa shape index (κ3) is 4.20. The molecule has 0 atom stereocenters. The Morgan fingerprint density at radius 2 is 1.26 bits per heavy atom. The van der Waals surface area contributed by atoms with Gasteiger partial charge in [0.2, 0.25) is 0 Å². The maximum absolute atomic E-state index is 12.1. The lowest BCUT2D eigenvalue weighted by atomic mass is 10.1. The minimum atomic E-state index is -0.369. The van der Waals surface area contributed by atoms with E-state index in [0.717, 1.165) is 11.3 Å². The highest BCUT2D eigenvalue weighted by atomic mass is 16.5. The zero-order valence-corrected chi connectivity index (χ0v) is 12.5. The molecule has 3 heteroatoms. The molecule has 0 heterocycles. The average molecular weight is 304 g/mol. The van der Waals surface area contributed by atoms with Gasteiger partial charge in [0.05, 0.1) is 5.56 Å². The van der Waals surface area contributed by atoms with Crippen molar-refractivity contribution in [1.29, 1.82) is 0 Å². The van der Waals surface area contributed by atoms with Gasteiger partial charge < -0.3 is 9.47 Å². The van der Waals surface area contributed by atoms with Crippen molar-refractivity contribution < 1.29 is 14.3 Å². The molecule has 114 valence electrons. The number of carbonyl (C=O) groups excluding carboxylic acids is 1. The summed E-state index contributed by atoms with van der Waals surface area (Å²) in [6.07, 6.45) is 0. The van der Waals surface area contributed by atoms with E-state index in [1.54, 1.807) is 24.3 Å². The van der Waals surface area contributed by atoms with Gasteiger partial charge in [0.25, 0.3) is 0 Å². The summed E-state index contributed by atoms with van der Waals surface area (Å²) in [5.41, 5.74) is 1.50. The van der Waals surface area contributed by atoms with E-state index >= 15 is 0 Å². The highest BCUT2D eigenvalue weighted by Gasteiger charge is 2.08. The van der Waals surface area contributed by atoms with Crippen LogP contribution in [0.1, 0.15) is 15.9 Å². The maximum atomic E-state index is 12.1. The van der Waals surface area contributed by atoms with E-state index in [9.17, 15) is 4.79 Å². The second-order valence-electron chi connectivity index (χ2n) is 5.00. The Morgan fingerprint density at radius 1 is 0.696 bits per heavy atom. The normalized spacial score (nSPS) is 10.1. The van der Waals surface area contributed by atoms with Crippen LogP contribution in [0.2, 0.25) is 0 Å². The van der Waals surface area contributed by atoms with Crippen LogP contribution < -0.4 is 9.47 Å². The van der Waals surface area contributed by atoms with Crippen LogP contribution in [0, 0.1) is 0 Å². The van der Waals surface area contributed by atoms with Gasteiger partial charge in [-0.15, -0.1) is 0 Å². The first kappa shape index (κ1) is 14.9. The van der Waals surface area contributed by atoms with Crippen molar-refractivity contribution in [1.82, 2.24) is 0 Å². The van der Waals surface area contributed by atoms with Gasteiger partial charge in [0.15, 0.2) is 0 Å². The Morgan fingerprint density at radius 3 is 1.87 bits per heavy atom. The molecule has 3 rings (SSSR count). The lowest BCUT2D eigenvalue weighted by Gasteiger charge is -2.07. The van der Waals surface area contributed by atoms with Crippen LogP contribution in [0.4, 0.5) is 0 Å². The Bertz CT molecular complexity index is 750. The van der Waals surface area contributed by atoms with Gasteiger partial charge in [0, 0.05) is 0 Å². The smallest absolute Gasteiger partial charge is 0.343 e. The molecule has 0 saturated carbocycles. The highest BCUT2D eigenvalue weighted by molar-refractivity contribution is 5.91. The number of rotatable bonds is 5. The molecule has 0 unspecified atom stereocenters. The van der Waals surface area contributed by atoms with Gasteiger partial charge in [-0.1, -0.05) is 48.5 Å². The second-order valence-corrected chi connectivity index (χ2v) is 5.00. The van der Waals surface area contributed by atoms with E-state index in [1.807, 2.05) is 60.7 Å². The molecule has 0 bridgehead atoms. The lowest BCUT2D eigenvalue weighted by Crippen LogP contribution is -2.08. The van der Waals surface area contributed by atoms with Crippen LogP contribution >= 0.6 is 0 Å². The molecule has 3 aromatic rings. The van der Waals surface area contributed by atoms with Crippen molar-refractivity contribution in [3.05, 3.63) is 96.1 Å². The predicted octanol–water partition coefficient (Wildman–Crippen LogP) is 4.48. The Balaban J connectivity index is 1.59. The van der Waals surface area contributed by atoms with E-state index in [-0.39, 0.29) is 5.97 Å². The van der Waals surface area contributed by atoms with Crippen molar-refractivity contribution in [3.63, 3.8) is 0 Å². The molecule has 0 radical (unpaired) electrons. The largest absolute Gasteiger partial charge is 0.489 e. The molecule has 0 aliphatic heterocycles. The van der Waals surface area contributed by atoms with Gasteiger partial charge in [-0.3, -0.25) is 0 Å². The summed E-state index contributed by atoms with van der Waals surface area (Å²) in [5, 5.41) is 0. The van der Waals surface area contributed by atoms with Crippen LogP contribution in [0.25, 0.3) is 0 Å². The first-order valence-electron chi connectivity index (χ1n) is 7.35. The van der Waals surface area contributed by atoms with Crippen molar-refractivity contribution in [3.8, 4) is 11.5 Å². The summed E-state index contributed by atoms with van der Waals surface area (Å²) >= 11 is 0. The molecular weight excluding hydrogens is 288 g/mol. The molecule has 0 aliphatic carbocycles. The van der Waals surface area contributed by atoms with Crippen LogP contribution in [-0.4, -0.2) is 5.97 Å². The third-order valence-corrected chi connectivity index (χ3v) is 3.29. The molecule has 0 saturated heterocycles. The van der Waals surface area contributed by atoms with Crippen LogP contribution in [-0.2, 0) is 6.61 Å². The van der Waals surface area contributed by atoms with E-state index in [4.69, 9.17) is 9.47 Å². The molecule has 0 aromatic heterocycles. The highest BCUT2D eigenvalue weighted by Crippen LogP contribution is 2.14. The summed E-state index contributed by atoms with van der Waals surface area (Å²) in [4.78, 5) is 12.1. The molecule has 0 spiro atoms. The quantitative estimate of drug-likeness (QED) is 0.515. The monoisotopic (exact) mass is 304 g/mol. The molecule has 0 amide bonds. The first-order chi connectivity index (χ1) is 11.3. The minimum Gasteiger partial charge on any atom is -0.489 e. The van der Waals surface area contributed by atoms with Crippen molar-refractivity contribution in [2.45, 2.75) is 6.61 Å². The van der Waals surface area contributed by atoms with Gasteiger partial charge in [-0.25, -0.2) is 4.79 Å². The number of hydrogen-bond acceptors (Lipinski definition) is 3. The van der Waals surface area contributed by atoms with E-state index in [0.29, 0.717) is 17.9 Å². The SMILES string of the molecule is O=C(Oc1ccccc1)c1ccc(COc2ccccc2)cc1. The number of hydrogen-bond donors (Lipinski definition) is 0. The maximum Gasteiger partial charge on any atom is 0.343 e. The minimum absolute atomic E-state index is 0.369. The summed E-state index contributed by atoms with van der Waals surface area (Å²) in [7, 11) is 0. The van der Waals surface area contributed by atoms with Gasteiger partial charge in [-0.05, 0) is 42.0 Å². The summed E-state index contributed by atoms with van der Waals surface area (Å²) in [5.74, 6) is 0.987. The lowest BCUT2D eigenvalue weighted by molar-refractivity contribution is 0.0734. The van der Waals surface area contributed by atoms with E-state index in [1.165, 1.54) is 0 Å². The summed E-state index contributed by atoms with van der Waals surface area (Å²) in [6.45, 7) is 0.456. The fraction of sp³-hybridized carbons (Fsp3) is 0.0500. The zero-order valence-electron chi connectivity index (χ0n) is 12.5.